The van der Waals surface area contributed by atoms with Crippen LogP contribution in [0.2, 0.25) is 0 Å². The summed E-state index contributed by atoms with van der Waals surface area (Å²) in [5, 5.41) is 11.4. The summed E-state index contributed by atoms with van der Waals surface area (Å²) >= 11 is 0. The Balaban J connectivity index is 2.20. The Bertz CT molecular complexity index is 475. The Morgan fingerprint density at radius 2 is 2.33 bits per heavy atom. The van der Waals surface area contributed by atoms with E-state index in [-0.39, 0.29) is 19.0 Å². The Kier molecular flexibility index (Phi) is 3.36. The number of piperazine rings is 1. The van der Waals surface area contributed by atoms with Gasteiger partial charge in [-0.2, -0.15) is 0 Å². The highest BCUT2D eigenvalue weighted by Gasteiger charge is 2.29. The van der Waals surface area contributed by atoms with Crippen LogP contribution in [-0.2, 0) is 9.59 Å². The predicted octanol–water partition coefficient (Wildman–Crippen LogP) is 0.0846. The van der Waals surface area contributed by atoms with Gasteiger partial charge in [0, 0.05) is 18.3 Å². The number of carbonyl (C=O) groups is 2. The fourth-order valence-corrected chi connectivity index (χ4v) is 1.89. The van der Waals surface area contributed by atoms with Gasteiger partial charge < -0.3 is 20.1 Å². The molecule has 1 aromatic carbocycles. The molecule has 0 aromatic heterocycles. The van der Waals surface area contributed by atoms with Crippen LogP contribution in [0.5, 0.6) is 5.75 Å². The molecule has 0 spiro atoms. The molecule has 1 aromatic rings. The van der Waals surface area contributed by atoms with Gasteiger partial charge in [-0.05, 0) is 12.1 Å². The number of anilines is 1. The SMILES string of the molecule is COc1cccc(N2CC(=O)NC(C(=O)O)C2)c1. The number of ether oxygens (including phenoxy) is 1. The summed E-state index contributed by atoms with van der Waals surface area (Å²) in [6.07, 6.45) is 0. The van der Waals surface area contributed by atoms with Crippen LogP contribution in [0, 0.1) is 0 Å². The molecule has 2 rings (SSSR count). The lowest BCUT2D eigenvalue weighted by Crippen LogP contribution is -2.57. The molecule has 0 aliphatic carbocycles. The van der Waals surface area contributed by atoms with Crippen LogP contribution in [0.1, 0.15) is 0 Å². The summed E-state index contributed by atoms with van der Waals surface area (Å²) < 4.78 is 5.10. The molecule has 1 heterocycles. The number of carboxylic acid groups (broad SMARTS) is 1. The molecular weight excluding hydrogens is 236 g/mol. The first-order valence-electron chi connectivity index (χ1n) is 5.51. The standard InChI is InChI=1S/C12H14N2O4/c1-18-9-4-2-3-8(5-9)14-6-10(12(16)17)13-11(15)7-14/h2-5,10H,6-7H2,1H3,(H,13,15)(H,16,17). The second kappa shape index (κ2) is 4.95. The molecule has 1 fully saturated rings. The quantitative estimate of drug-likeness (QED) is 0.794. The molecule has 1 aliphatic heterocycles. The van der Waals surface area contributed by atoms with Crippen molar-refractivity contribution >= 4 is 17.6 Å². The van der Waals surface area contributed by atoms with Crippen LogP contribution in [0.15, 0.2) is 24.3 Å². The summed E-state index contributed by atoms with van der Waals surface area (Å²) in [5.41, 5.74) is 0.774. The minimum atomic E-state index is -1.03. The molecule has 6 heteroatoms. The summed E-state index contributed by atoms with van der Waals surface area (Å²) in [6.45, 7) is 0.394. The van der Waals surface area contributed by atoms with E-state index in [1.54, 1.807) is 30.2 Å². The van der Waals surface area contributed by atoms with Crippen LogP contribution >= 0.6 is 0 Å². The van der Waals surface area contributed by atoms with Crippen molar-refractivity contribution in [3.63, 3.8) is 0 Å². The number of methoxy groups -OCH3 is 1. The van der Waals surface area contributed by atoms with Crippen LogP contribution < -0.4 is 15.0 Å². The van der Waals surface area contributed by atoms with Crippen molar-refractivity contribution in [2.45, 2.75) is 6.04 Å². The number of hydrogen-bond donors (Lipinski definition) is 2. The highest BCUT2D eigenvalue weighted by Crippen LogP contribution is 2.22. The van der Waals surface area contributed by atoms with Crippen LogP contribution in [0.4, 0.5) is 5.69 Å². The zero-order valence-electron chi connectivity index (χ0n) is 9.92. The zero-order chi connectivity index (χ0) is 13.1. The highest BCUT2D eigenvalue weighted by atomic mass is 16.5. The van der Waals surface area contributed by atoms with E-state index in [1.807, 2.05) is 6.07 Å². The second-order valence-electron chi connectivity index (χ2n) is 4.04. The molecule has 2 N–H and O–H groups in total. The van der Waals surface area contributed by atoms with E-state index in [9.17, 15) is 9.59 Å². The van der Waals surface area contributed by atoms with Crippen LogP contribution in [-0.4, -0.2) is 43.2 Å². The van der Waals surface area contributed by atoms with E-state index in [0.29, 0.717) is 5.75 Å². The van der Waals surface area contributed by atoms with Crippen LogP contribution in [0.3, 0.4) is 0 Å². The van der Waals surface area contributed by atoms with Gasteiger partial charge in [-0.25, -0.2) is 4.79 Å². The monoisotopic (exact) mass is 250 g/mol. The third kappa shape index (κ3) is 2.53. The second-order valence-corrected chi connectivity index (χ2v) is 4.04. The largest absolute Gasteiger partial charge is 0.497 e. The number of hydrogen-bond acceptors (Lipinski definition) is 4. The van der Waals surface area contributed by atoms with E-state index < -0.39 is 12.0 Å². The maximum Gasteiger partial charge on any atom is 0.328 e. The molecule has 18 heavy (non-hydrogen) atoms. The molecule has 96 valence electrons. The first-order chi connectivity index (χ1) is 8.60. The minimum absolute atomic E-state index is 0.150. The Hall–Kier alpha value is -2.24. The van der Waals surface area contributed by atoms with Crippen molar-refractivity contribution in [1.82, 2.24) is 5.32 Å². The number of amides is 1. The topological polar surface area (TPSA) is 78.9 Å². The summed E-state index contributed by atoms with van der Waals surface area (Å²) in [7, 11) is 1.56. The van der Waals surface area contributed by atoms with Gasteiger partial charge in [0.25, 0.3) is 0 Å². The number of carbonyl (C=O) groups excluding carboxylic acids is 1. The summed E-state index contributed by atoms with van der Waals surface area (Å²) in [4.78, 5) is 24.1. The lowest BCUT2D eigenvalue weighted by Gasteiger charge is -2.32. The molecule has 0 radical (unpaired) electrons. The Labute approximate surface area is 104 Å². The maximum atomic E-state index is 11.5. The van der Waals surface area contributed by atoms with E-state index >= 15 is 0 Å². The number of carboxylic acids is 1. The van der Waals surface area contributed by atoms with Gasteiger partial charge in [0.15, 0.2) is 0 Å². The first-order valence-corrected chi connectivity index (χ1v) is 5.51. The molecule has 1 aliphatic rings. The fraction of sp³-hybridized carbons (Fsp3) is 0.333. The number of nitrogens with one attached hydrogen (secondary N) is 1. The zero-order valence-corrected chi connectivity index (χ0v) is 9.92. The van der Waals surface area contributed by atoms with E-state index in [1.165, 1.54) is 0 Å². The van der Waals surface area contributed by atoms with Gasteiger partial charge in [-0.15, -0.1) is 0 Å². The van der Waals surface area contributed by atoms with Gasteiger partial charge >= 0.3 is 5.97 Å². The summed E-state index contributed by atoms with van der Waals surface area (Å²) in [5.74, 6) is -0.655. The molecular formula is C12H14N2O4. The third-order valence-electron chi connectivity index (χ3n) is 2.79. The molecule has 0 saturated carbocycles. The van der Waals surface area contributed by atoms with Gasteiger partial charge in [0.2, 0.25) is 5.91 Å². The fourth-order valence-electron chi connectivity index (χ4n) is 1.89. The first kappa shape index (κ1) is 12.2. The number of nitrogens with zero attached hydrogens (tertiary/aromatic N) is 1. The smallest absolute Gasteiger partial charge is 0.328 e. The van der Waals surface area contributed by atoms with Crippen molar-refractivity contribution in [3.05, 3.63) is 24.3 Å². The molecule has 1 saturated heterocycles. The third-order valence-corrected chi connectivity index (χ3v) is 2.79. The van der Waals surface area contributed by atoms with E-state index in [4.69, 9.17) is 9.84 Å². The predicted molar refractivity (Wildman–Crippen MR) is 64.8 cm³/mol. The van der Waals surface area contributed by atoms with Gasteiger partial charge in [0.05, 0.1) is 13.7 Å². The van der Waals surface area contributed by atoms with Crippen molar-refractivity contribution in [2.75, 3.05) is 25.1 Å². The summed E-state index contributed by atoms with van der Waals surface area (Å²) in [6, 6.07) is 6.31. The van der Waals surface area contributed by atoms with Gasteiger partial charge in [0.1, 0.15) is 11.8 Å². The molecule has 1 atom stereocenters. The average Bonchev–Trinajstić information content (AvgIpc) is 2.38. The Morgan fingerprint density at radius 3 is 3.00 bits per heavy atom. The van der Waals surface area contributed by atoms with E-state index in [0.717, 1.165) is 5.69 Å². The average molecular weight is 250 g/mol. The van der Waals surface area contributed by atoms with Crippen molar-refractivity contribution in [1.29, 1.82) is 0 Å². The number of benzene rings is 1. The highest BCUT2D eigenvalue weighted by molar-refractivity contribution is 5.89. The Morgan fingerprint density at radius 1 is 1.56 bits per heavy atom. The molecule has 1 unspecified atom stereocenters. The van der Waals surface area contributed by atoms with Crippen molar-refractivity contribution in [2.24, 2.45) is 0 Å². The van der Waals surface area contributed by atoms with Crippen molar-refractivity contribution < 1.29 is 19.4 Å². The maximum absolute atomic E-state index is 11.5. The lowest BCUT2D eigenvalue weighted by atomic mass is 10.1. The van der Waals surface area contributed by atoms with Crippen LogP contribution in [0.25, 0.3) is 0 Å². The number of aliphatic carboxylic acids is 1. The minimum Gasteiger partial charge on any atom is -0.497 e. The molecule has 1 amide bonds. The molecule has 0 bridgehead atoms. The molecule has 6 nitrogen and oxygen atoms in total. The van der Waals surface area contributed by atoms with Gasteiger partial charge in [-0.3, -0.25) is 4.79 Å². The number of rotatable bonds is 3. The van der Waals surface area contributed by atoms with Gasteiger partial charge in [-0.1, -0.05) is 6.07 Å². The van der Waals surface area contributed by atoms with Crippen molar-refractivity contribution in [3.8, 4) is 5.75 Å². The normalized spacial score (nSPS) is 19.3. The van der Waals surface area contributed by atoms with E-state index in [2.05, 4.69) is 5.32 Å². The lowest BCUT2D eigenvalue weighted by molar-refractivity contribution is -0.142.